The normalized spacial score (nSPS) is 11.1. The minimum absolute atomic E-state index is 0.566. The lowest BCUT2D eigenvalue weighted by molar-refractivity contribution is 0.244. The van der Waals surface area contributed by atoms with E-state index >= 15 is 0 Å². The van der Waals surface area contributed by atoms with Gasteiger partial charge in [-0.15, -0.1) is 5.10 Å². The monoisotopic (exact) mass is 495 g/mol. The van der Waals surface area contributed by atoms with Crippen LogP contribution in [0.3, 0.4) is 0 Å². The highest BCUT2D eigenvalue weighted by Crippen LogP contribution is 2.24. The van der Waals surface area contributed by atoms with Crippen molar-refractivity contribution in [3.63, 3.8) is 0 Å². The number of pyridine rings is 1. The van der Waals surface area contributed by atoms with E-state index in [1.165, 1.54) is 5.56 Å². The van der Waals surface area contributed by atoms with Crippen LogP contribution in [0.15, 0.2) is 77.5 Å². The molecule has 0 unspecified atom stereocenters. The van der Waals surface area contributed by atoms with Crippen molar-refractivity contribution in [1.29, 1.82) is 0 Å². The van der Waals surface area contributed by atoms with Crippen molar-refractivity contribution in [3.05, 3.63) is 87.9 Å². The predicted octanol–water partition coefficient (Wildman–Crippen LogP) is 5.33. The number of hydrogen-bond donors (Lipinski definition) is 0. The van der Waals surface area contributed by atoms with Crippen molar-refractivity contribution in [2.45, 2.75) is 13.2 Å². The van der Waals surface area contributed by atoms with Crippen molar-refractivity contribution in [2.75, 3.05) is 14.2 Å². The van der Waals surface area contributed by atoms with Gasteiger partial charge in [0.25, 0.3) is 0 Å². The average Bonchev–Trinajstić information content (AvgIpc) is 3.12. The zero-order valence-electron chi connectivity index (χ0n) is 17.3. The lowest BCUT2D eigenvalue weighted by Crippen LogP contribution is -2.22. The molecule has 0 radical (unpaired) electrons. The zero-order chi connectivity index (χ0) is 21.8. The van der Waals surface area contributed by atoms with Crippen LogP contribution in [0.1, 0.15) is 5.56 Å². The van der Waals surface area contributed by atoms with Crippen molar-refractivity contribution >= 4 is 28.1 Å². The van der Waals surface area contributed by atoms with Gasteiger partial charge in [0.05, 0.1) is 19.5 Å². The molecule has 2 heterocycles. The first-order valence-electron chi connectivity index (χ1n) is 9.73. The summed E-state index contributed by atoms with van der Waals surface area (Å²) in [7, 11) is 3.71. The van der Waals surface area contributed by atoms with E-state index in [-0.39, 0.29) is 0 Å². The molecule has 4 rings (SSSR count). The Bertz CT molecular complexity index is 1200. The van der Waals surface area contributed by atoms with Gasteiger partial charge in [0.15, 0.2) is 5.82 Å². The van der Waals surface area contributed by atoms with E-state index in [2.05, 4.69) is 57.1 Å². The molecule has 31 heavy (non-hydrogen) atoms. The van der Waals surface area contributed by atoms with Gasteiger partial charge in [-0.1, -0.05) is 28.1 Å². The highest BCUT2D eigenvalue weighted by molar-refractivity contribution is 9.10. The maximum Gasteiger partial charge on any atom is 0.204 e. The second kappa shape index (κ2) is 9.55. The molecule has 8 heteroatoms. The number of ether oxygens (including phenoxy) is 1. The van der Waals surface area contributed by atoms with Crippen molar-refractivity contribution in [3.8, 4) is 22.8 Å². The third kappa shape index (κ3) is 4.92. The Morgan fingerprint density at radius 2 is 1.68 bits per heavy atom. The first-order chi connectivity index (χ1) is 15.0. The summed E-state index contributed by atoms with van der Waals surface area (Å²) < 4.78 is 10.8. The number of rotatable bonds is 7. The van der Waals surface area contributed by atoms with Crippen LogP contribution < -0.4 is 4.74 Å². The SMILES string of the molecule is COc1ccc(-n2c(-c3ccncc3)nn(CN(C)Cc3ccc(Br)cc3)c2=S)cc1. The van der Waals surface area contributed by atoms with Gasteiger partial charge in [0, 0.05) is 29.0 Å². The van der Waals surface area contributed by atoms with E-state index in [0.29, 0.717) is 11.4 Å². The average molecular weight is 496 g/mol. The van der Waals surface area contributed by atoms with Gasteiger partial charge in [0.2, 0.25) is 4.77 Å². The van der Waals surface area contributed by atoms with E-state index in [4.69, 9.17) is 22.1 Å². The molecule has 2 aromatic carbocycles. The quantitative estimate of drug-likeness (QED) is 0.324. The Labute approximate surface area is 194 Å². The molecule has 0 bridgehead atoms. The summed E-state index contributed by atoms with van der Waals surface area (Å²) in [5.41, 5.74) is 3.10. The zero-order valence-corrected chi connectivity index (χ0v) is 19.7. The molecule has 6 nitrogen and oxygen atoms in total. The molecule has 0 saturated carbocycles. The molecular weight excluding hydrogens is 474 g/mol. The second-order valence-corrected chi connectivity index (χ2v) is 8.44. The summed E-state index contributed by atoms with van der Waals surface area (Å²) in [6.45, 7) is 1.35. The van der Waals surface area contributed by atoms with Crippen LogP contribution in [0.2, 0.25) is 0 Å². The van der Waals surface area contributed by atoms with E-state index in [1.54, 1.807) is 19.5 Å². The lowest BCUT2D eigenvalue weighted by atomic mass is 10.2. The van der Waals surface area contributed by atoms with Crippen LogP contribution in [-0.4, -0.2) is 38.4 Å². The molecule has 0 saturated heterocycles. The molecule has 2 aromatic heterocycles. The number of aromatic nitrogens is 4. The first kappa shape index (κ1) is 21.4. The fourth-order valence-corrected chi connectivity index (χ4v) is 3.89. The van der Waals surface area contributed by atoms with Gasteiger partial charge in [-0.2, -0.15) is 0 Å². The highest BCUT2D eigenvalue weighted by atomic mass is 79.9. The van der Waals surface area contributed by atoms with Crippen molar-refractivity contribution in [2.24, 2.45) is 0 Å². The summed E-state index contributed by atoms with van der Waals surface area (Å²) in [5.74, 6) is 1.57. The number of nitrogens with zero attached hydrogens (tertiary/aromatic N) is 5. The molecule has 0 fully saturated rings. The summed E-state index contributed by atoms with van der Waals surface area (Å²) in [5, 5.41) is 4.86. The number of benzene rings is 2. The summed E-state index contributed by atoms with van der Waals surface area (Å²) in [6.07, 6.45) is 3.52. The first-order valence-corrected chi connectivity index (χ1v) is 10.9. The van der Waals surface area contributed by atoms with Crippen molar-refractivity contribution in [1.82, 2.24) is 24.2 Å². The van der Waals surface area contributed by atoms with Gasteiger partial charge in [0.1, 0.15) is 5.75 Å². The molecule has 0 aliphatic rings. The maximum absolute atomic E-state index is 5.84. The lowest BCUT2D eigenvalue weighted by Gasteiger charge is -2.16. The minimum atomic E-state index is 0.566. The van der Waals surface area contributed by atoms with Crippen LogP contribution >= 0.6 is 28.1 Å². The van der Waals surface area contributed by atoms with Crippen LogP contribution in [0, 0.1) is 4.77 Å². The number of halogens is 1. The van der Waals surface area contributed by atoms with Crippen LogP contribution in [-0.2, 0) is 13.2 Å². The van der Waals surface area contributed by atoms with Crippen molar-refractivity contribution < 1.29 is 4.74 Å². The van der Waals surface area contributed by atoms with Crippen LogP contribution in [0.25, 0.3) is 17.1 Å². The molecule has 0 aliphatic heterocycles. The Kier molecular flexibility index (Phi) is 6.60. The van der Waals surface area contributed by atoms with Gasteiger partial charge in [-0.05, 0) is 73.4 Å². The molecule has 0 N–H and O–H groups in total. The predicted molar refractivity (Wildman–Crippen MR) is 128 cm³/mol. The highest BCUT2D eigenvalue weighted by Gasteiger charge is 2.16. The van der Waals surface area contributed by atoms with E-state index in [0.717, 1.165) is 33.8 Å². The number of hydrogen-bond acceptors (Lipinski definition) is 5. The van der Waals surface area contributed by atoms with E-state index < -0.39 is 0 Å². The Hall–Kier alpha value is -2.81. The molecule has 0 atom stereocenters. The smallest absolute Gasteiger partial charge is 0.204 e. The molecule has 0 spiro atoms. The molecule has 0 aliphatic carbocycles. The van der Waals surface area contributed by atoms with Gasteiger partial charge >= 0.3 is 0 Å². The van der Waals surface area contributed by atoms with E-state index in [1.807, 2.05) is 45.6 Å². The number of methoxy groups -OCH3 is 1. The van der Waals surface area contributed by atoms with Gasteiger partial charge < -0.3 is 4.74 Å². The Balaban J connectivity index is 1.69. The third-order valence-electron chi connectivity index (χ3n) is 4.85. The Morgan fingerprint density at radius 1 is 1.00 bits per heavy atom. The van der Waals surface area contributed by atoms with Gasteiger partial charge in [-0.25, -0.2) is 4.68 Å². The second-order valence-electron chi connectivity index (χ2n) is 7.16. The largest absolute Gasteiger partial charge is 0.497 e. The van der Waals surface area contributed by atoms with E-state index in [9.17, 15) is 0 Å². The standard InChI is InChI=1S/C23H22BrN5OS/c1-27(15-17-3-5-19(24)6-4-17)16-28-23(31)29(20-7-9-21(30-2)10-8-20)22(26-28)18-11-13-25-14-12-18/h3-14H,15-16H2,1-2H3. The fourth-order valence-electron chi connectivity index (χ4n) is 3.33. The topological polar surface area (TPSA) is 48.1 Å². The molecule has 158 valence electrons. The molecular formula is C23H22BrN5OS. The third-order valence-corrected chi connectivity index (χ3v) is 5.77. The summed E-state index contributed by atoms with van der Waals surface area (Å²) in [4.78, 5) is 6.31. The molecule has 4 aromatic rings. The van der Waals surface area contributed by atoms with Crippen LogP contribution in [0.4, 0.5) is 0 Å². The Morgan fingerprint density at radius 3 is 2.32 bits per heavy atom. The molecule has 0 amide bonds. The fraction of sp³-hybridized carbons (Fsp3) is 0.174. The summed E-state index contributed by atoms with van der Waals surface area (Å²) in [6, 6.07) is 20.0. The maximum atomic E-state index is 5.84. The van der Waals surface area contributed by atoms with Gasteiger partial charge in [-0.3, -0.25) is 14.5 Å². The van der Waals surface area contributed by atoms with Crippen LogP contribution in [0.5, 0.6) is 5.75 Å². The minimum Gasteiger partial charge on any atom is -0.497 e. The summed E-state index contributed by atoms with van der Waals surface area (Å²) >= 11 is 9.32.